The molecule has 2 aliphatic heterocycles. The van der Waals surface area contributed by atoms with E-state index < -0.39 is 11.2 Å². The number of rotatable bonds is 5. The number of esters is 1. The second-order valence-corrected chi connectivity index (χ2v) is 11.9. The van der Waals surface area contributed by atoms with Crippen LogP contribution in [0.15, 0.2) is 30.3 Å². The summed E-state index contributed by atoms with van der Waals surface area (Å²) in [5.41, 5.74) is -0.425. The molecule has 2 bridgehead atoms. The average molecular weight is 444 g/mol. The SMILES string of the molecule is CC(C)(C)OC(=O)[C@@]1(COCc2ccccc2)C[C@@H]2O[C@@H]3[C@@H]([C@H]4CC[C@]3(C)C4(C)C)N2O1. The van der Waals surface area contributed by atoms with E-state index in [0.717, 1.165) is 5.56 Å². The van der Waals surface area contributed by atoms with E-state index >= 15 is 0 Å². The molecule has 1 aromatic carbocycles. The molecular formula is C26H37NO5. The van der Waals surface area contributed by atoms with Gasteiger partial charge in [0.15, 0.2) is 0 Å². The van der Waals surface area contributed by atoms with Crippen molar-refractivity contribution in [3.8, 4) is 0 Å². The van der Waals surface area contributed by atoms with Crippen LogP contribution in [-0.4, -0.2) is 47.2 Å². The Morgan fingerprint density at radius 2 is 1.91 bits per heavy atom. The van der Waals surface area contributed by atoms with Crippen LogP contribution in [0.2, 0.25) is 0 Å². The monoisotopic (exact) mass is 443 g/mol. The van der Waals surface area contributed by atoms with Gasteiger partial charge < -0.3 is 14.2 Å². The largest absolute Gasteiger partial charge is 0.458 e. The van der Waals surface area contributed by atoms with Crippen LogP contribution in [0.4, 0.5) is 0 Å². The Bertz CT molecular complexity index is 880. The molecule has 176 valence electrons. The summed E-state index contributed by atoms with van der Waals surface area (Å²) in [6.07, 6.45) is 2.68. The van der Waals surface area contributed by atoms with Gasteiger partial charge in [-0.2, -0.15) is 5.06 Å². The maximum absolute atomic E-state index is 13.4. The second-order valence-electron chi connectivity index (χ2n) is 11.9. The number of carbonyl (C=O) groups excluding carboxylic acids is 1. The minimum absolute atomic E-state index is 0.133. The molecule has 6 atom stereocenters. The third kappa shape index (κ3) is 3.25. The average Bonchev–Trinajstić information content (AvgIpc) is 3.34. The lowest BCUT2D eigenvalue weighted by atomic mass is 9.70. The van der Waals surface area contributed by atoms with Crippen molar-refractivity contribution >= 4 is 5.97 Å². The summed E-state index contributed by atoms with van der Waals surface area (Å²) in [6.45, 7) is 13.3. The lowest BCUT2D eigenvalue weighted by molar-refractivity contribution is -0.251. The molecule has 4 aliphatic rings. The molecule has 1 aromatic rings. The van der Waals surface area contributed by atoms with Gasteiger partial charge in [-0.05, 0) is 50.5 Å². The molecule has 2 heterocycles. The highest BCUT2D eigenvalue weighted by molar-refractivity contribution is 5.80. The fourth-order valence-electron chi connectivity index (χ4n) is 6.54. The number of nitrogens with zero attached hydrogens (tertiary/aromatic N) is 1. The predicted molar refractivity (Wildman–Crippen MR) is 119 cm³/mol. The molecule has 0 amide bonds. The smallest absolute Gasteiger partial charge is 0.343 e. The van der Waals surface area contributed by atoms with Gasteiger partial charge in [0, 0.05) is 11.8 Å². The molecule has 4 fully saturated rings. The molecule has 0 radical (unpaired) electrons. The number of benzene rings is 1. The van der Waals surface area contributed by atoms with Crippen molar-refractivity contribution in [1.29, 1.82) is 0 Å². The fourth-order valence-corrected chi connectivity index (χ4v) is 6.54. The molecule has 0 spiro atoms. The highest BCUT2D eigenvalue weighted by Gasteiger charge is 2.74. The predicted octanol–water partition coefficient (Wildman–Crippen LogP) is 4.47. The molecule has 2 saturated carbocycles. The standard InChI is InChI=1S/C26H37NO5/c1-23(2,3)31-22(28)26(16-29-15-17-10-8-7-9-11-17)14-19-27(32-26)20-18-12-13-25(6,21(20)30-19)24(18,4)5/h7-11,18-21H,12-16H2,1-6H3/t18-,19+,20-,21-,25+,26+/m1/s1. The summed E-state index contributed by atoms with van der Waals surface area (Å²) in [6, 6.07) is 10.1. The molecule has 6 heteroatoms. The van der Waals surface area contributed by atoms with Gasteiger partial charge in [-0.25, -0.2) is 4.79 Å². The number of carbonyl (C=O) groups is 1. The molecule has 2 saturated heterocycles. The highest BCUT2D eigenvalue weighted by Crippen LogP contribution is 2.70. The Balaban J connectivity index is 1.37. The van der Waals surface area contributed by atoms with E-state index in [-0.39, 0.29) is 41.8 Å². The van der Waals surface area contributed by atoms with Crippen molar-refractivity contribution in [2.45, 2.75) is 97.0 Å². The quantitative estimate of drug-likeness (QED) is 0.626. The van der Waals surface area contributed by atoms with Gasteiger partial charge in [0.05, 0.1) is 25.4 Å². The Labute approximate surface area is 191 Å². The summed E-state index contributed by atoms with van der Waals surface area (Å²) in [5.74, 6) is 0.114. The van der Waals surface area contributed by atoms with E-state index in [4.69, 9.17) is 19.0 Å². The number of hydrogen-bond acceptors (Lipinski definition) is 6. The Hall–Kier alpha value is -1.47. The van der Waals surface area contributed by atoms with E-state index in [1.807, 2.05) is 56.2 Å². The van der Waals surface area contributed by atoms with Crippen LogP contribution >= 0.6 is 0 Å². The zero-order valence-electron chi connectivity index (χ0n) is 20.2. The van der Waals surface area contributed by atoms with Crippen molar-refractivity contribution < 1.29 is 23.8 Å². The number of hydrogen-bond donors (Lipinski definition) is 0. The van der Waals surface area contributed by atoms with Crippen molar-refractivity contribution in [3.05, 3.63) is 35.9 Å². The molecule has 32 heavy (non-hydrogen) atoms. The van der Waals surface area contributed by atoms with Gasteiger partial charge in [0.2, 0.25) is 5.60 Å². The van der Waals surface area contributed by atoms with E-state index in [2.05, 4.69) is 20.8 Å². The molecule has 0 N–H and O–H groups in total. The lowest BCUT2D eigenvalue weighted by Gasteiger charge is -2.38. The molecular weight excluding hydrogens is 406 g/mol. The molecule has 0 aromatic heterocycles. The zero-order chi connectivity index (χ0) is 22.9. The topological polar surface area (TPSA) is 57.2 Å². The molecule has 5 rings (SSSR count). The number of hydroxylamine groups is 2. The third-order valence-corrected chi connectivity index (χ3v) is 8.61. The van der Waals surface area contributed by atoms with Gasteiger partial charge in [-0.1, -0.05) is 51.1 Å². The first-order chi connectivity index (χ1) is 15.0. The zero-order valence-corrected chi connectivity index (χ0v) is 20.2. The summed E-state index contributed by atoms with van der Waals surface area (Å²) in [4.78, 5) is 19.9. The fraction of sp³-hybridized carbons (Fsp3) is 0.731. The van der Waals surface area contributed by atoms with Gasteiger partial charge in [0.25, 0.3) is 0 Å². The van der Waals surface area contributed by atoms with Crippen LogP contribution in [0, 0.1) is 16.7 Å². The third-order valence-electron chi connectivity index (χ3n) is 8.61. The minimum atomic E-state index is -1.19. The minimum Gasteiger partial charge on any atom is -0.458 e. The molecule has 6 nitrogen and oxygen atoms in total. The van der Waals surface area contributed by atoms with E-state index in [9.17, 15) is 4.79 Å². The lowest BCUT2D eigenvalue weighted by Crippen LogP contribution is -2.50. The van der Waals surface area contributed by atoms with Crippen LogP contribution in [0.5, 0.6) is 0 Å². The maximum Gasteiger partial charge on any atom is 0.343 e. The summed E-state index contributed by atoms with van der Waals surface area (Å²) >= 11 is 0. The van der Waals surface area contributed by atoms with Crippen molar-refractivity contribution in [2.24, 2.45) is 16.7 Å². The first-order valence-corrected chi connectivity index (χ1v) is 11.9. The van der Waals surface area contributed by atoms with Crippen LogP contribution in [-0.2, 0) is 30.4 Å². The van der Waals surface area contributed by atoms with Gasteiger partial charge in [-0.3, -0.25) is 4.84 Å². The Kier molecular flexibility index (Phi) is 5.07. The van der Waals surface area contributed by atoms with Crippen LogP contribution < -0.4 is 0 Å². The van der Waals surface area contributed by atoms with Gasteiger partial charge >= 0.3 is 5.97 Å². The van der Waals surface area contributed by atoms with E-state index in [0.29, 0.717) is 18.9 Å². The summed E-state index contributed by atoms with van der Waals surface area (Å²) < 4.78 is 18.5. The first kappa shape index (κ1) is 22.3. The van der Waals surface area contributed by atoms with E-state index in [1.165, 1.54) is 12.8 Å². The van der Waals surface area contributed by atoms with Gasteiger partial charge in [0.1, 0.15) is 11.8 Å². The van der Waals surface area contributed by atoms with Crippen molar-refractivity contribution in [1.82, 2.24) is 5.06 Å². The number of fused-ring (bicyclic) bond motifs is 7. The summed E-state index contributed by atoms with van der Waals surface area (Å²) in [7, 11) is 0. The first-order valence-electron chi connectivity index (χ1n) is 11.9. The van der Waals surface area contributed by atoms with Crippen LogP contribution in [0.25, 0.3) is 0 Å². The second kappa shape index (κ2) is 7.26. The Morgan fingerprint density at radius 3 is 2.59 bits per heavy atom. The van der Waals surface area contributed by atoms with E-state index in [1.54, 1.807) is 0 Å². The number of ether oxygens (including phenoxy) is 3. The van der Waals surface area contributed by atoms with Crippen LogP contribution in [0.1, 0.15) is 66.4 Å². The Morgan fingerprint density at radius 1 is 1.19 bits per heavy atom. The van der Waals surface area contributed by atoms with Crippen molar-refractivity contribution in [3.63, 3.8) is 0 Å². The molecule has 0 unspecified atom stereocenters. The van der Waals surface area contributed by atoms with Crippen LogP contribution in [0.3, 0.4) is 0 Å². The van der Waals surface area contributed by atoms with Gasteiger partial charge in [-0.15, -0.1) is 0 Å². The maximum atomic E-state index is 13.4. The normalized spacial score (nSPS) is 39.8. The molecule has 2 aliphatic carbocycles. The highest BCUT2D eigenvalue weighted by atomic mass is 16.8. The summed E-state index contributed by atoms with van der Waals surface area (Å²) in [5, 5.41) is 2.00. The van der Waals surface area contributed by atoms with Crippen molar-refractivity contribution in [2.75, 3.05) is 6.61 Å².